The first-order valence-corrected chi connectivity index (χ1v) is 5.73. The Morgan fingerprint density at radius 3 is 2.67 bits per heavy atom. The molecule has 0 N–H and O–H groups in total. The van der Waals surface area contributed by atoms with E-state index in [0.717, 1.165) is 30.4 Å². The van der Waals surface area contributed by atoms with Crippen LogP contribution in [0.15, 0.2) is 6.07 Å². The first kappa shape index (κ1) is 12.5. The molecule has 0 atom stereocenters. The SMILES string of the molecule is CC(C)Cc1cc(Cl)n(CCN(C)C)n1. The summed E-state index contributed by atoms with van der Waals surface area (Å²) < 4.78 is 1.87. The molecular weight excluding hydrogens is 210 g/mol. The smallest absolute Gasteiger partial charge is 0.127 e. The Hall–Kier alpha value is -0.540. The molecule has 86 valence electrons. The van der Waals surface area contributed by atoms with Crippen LogP contribution in [-0.2, 0) is 13.0 Å². The van der Waals surface area contributed by atoms with Crippen molar-refractivity contribution >= 4 is 11.6 Å². The van der Waals surface area contributed by atoms with Gasteiger partial charge in [0.15, 0.2) is 0 Å². The number of halogens is 1. The quantitative estimate of drug-likeness (QED) is 0.773. The average molecular weight is 230 g/mol. The lowest BCUT2D eigenvalue weighted by molar-refractivity contribution is 0.372. The molecule has 0 aliphatic heterocycles. The van der Waals surface area contributed by atoms with Crippen LogP contribution < -0.4 is 0 Å². The molecule has 3 nitrogen and oxygen atoms in total. The molecule has 1 heterocycles. The van der Waals surface area contributed by atoms with Crippen molar-refractivity contribution in [3.8, 4) is 0 Å². The van der Waals surface area contributed by atoms with Crippen molar-refractivity contribution in [1.29, 1.82) is 0 Å². The number of nitrogens with zero attached hydrogens (tertiary/aromatic N) is 3. The average Bonchev–Trinajstić information content (AvgIpc) is 2.41. The predicted molar refractivity (Wildman–Crippen MR) is 64.3 cm³/mol. The Kier molecular flexibility index (Phi) is 4.61. The molecule has 0 spiro atoms. The van der Waals surface area contributed by atoms with E-state index in [1.54, 1.807) is 0 Å². The molecule has 0 amide bonds. The second-order valence-corrected chi connectivity index (χ2v) is 4.97. The zero-order valence-corrected chi connectivity index (χ0v) is 10.8. The van der Waals surface area contributed by atoms with Crippen LogP contribution in [0.4, 0.5) is 0 Å². The molecule has 1 rings (SSSR count). The van der Waals surface area contributed by atoms with Gasteiger partial charge in [0.05, 0.1) is 12.2 Å². The van der Waals surface area contributed by atoms with Crippen LogP contribution in [0.25, 0.3) is 0 Å². The third kappa shape index (κ3) is 4.22. The van der Waals surface area contributed by atoms with Gasteiger partial charge in [0, 0.05) is 6.54 Å². The van der Waals surface area contributed by atoms with Gasteiger partial charge in [0.25, 0.3) is 0 Å². The topological polar surface area (TPSA) is 21.1 Å². The number of hydrogen-bond acceptors (Lipinski definition) is 2. The van der Waals surface area contributed by atoms with Gasteiger partial charge in [-0.3, -0.25) is 4.68 Å². The molecule has 15 heavy (non-hydrogen) atoms. The summed E-state index contributed by atoms with van der Waals surface area (Å²) in [5, 5.41) is 5.22. The van der Waals surface area contributed by atoms with Gasteiger partial charge in [-0.25, -0.2) is 0 Å². The number of rotatable bonds is 5. The molecule has 0 saturated carbocycles. The van der Waals surface area contributed by atoms with Gasteiger partial charge in [0.1, 0.15) is 5.15 Å². The fraction of sp³-hybridized carbons (Fsp3) is 0.727. The Morgan fingerprint density at radius 1 is 1.47 bits per heavy atom. The summed E-state index contributed by atoms with van der Waals surface area (Å²) in [4.78, 5) is 2.13. The summed E-state index contributed by atoms with van der Waals surface area (Å²) in [6.45, 7) is 6.19. The molecule has 0 bridgehead atoms. The highest BCUT2D eigenvalue weighted by Gasteiger charge is 2.07. The van der Waals surface area contributed by atoms with Crippen LogP contribution >= 0.6 is 11.6 Å². The van der Waals surface area contributed by atoms with Gasteiger partial charge >= 0.3 is 0 Å². The van der Waals surface area contributed by atoms with Crippen molar-refractivity contribution in [3.05, 3.63) is 16.9 Å². The highest BCUT2D eigenvalue weighted by Crippen LogP contribution is 2.14. The Bertz CT molecular complexity index is 305. The second kappa shape index (κ2) is 5.52. The summed E-state index contributed by atoms with van der Waals surface area (Å²) in [6, 6.07) is 1.97. The number of aromatic nitrogens is 2. The lowest BCUT2D eigenvalue weighted by atomic mass is 10.1. The molecule has 0 aromatic carbocycles. The lowest BCUT2D eigenvalue weighted by Gasteiger charge is -2.09. The van der Waals surface area contributed by atoms with Crippen LogP contribution in [0.5, 0.6) is 0 Å². The highest BCUT2D eigenvalue weighted by atomic mass is 35.5. The third-order valence-corrected chi connectivity index (χ3v) is 2.46. The lowest BCUT2D eigenvalue weighted by Crippen LogP contribution is -2.19. The number of likely N-dealkylation sites (N-methyl/N-ethyl adjacent to an activating group) is 1. The van der Waals surface area contributed by atoms with E-state index < -0.39 is 0 Å². The van der Waals surface area contributed by atoms with Gasteiger partial charge < -0.3 is 4.90 Å². The number of hydrogen-bond donors (Lipinski definition) is 0. The molecule has 1 aromatic heterocycles. The second-order valence-electron chi connectivity index (χ2n) is 4.58. The van der Waals surface area contributed by atoms with E-state index in [1.807, 2.05) is 24.8 Å². The fourth-order valence-electron chi connectivity index (χ4n) is 1.41. The zero-order valence-electron chi connectivity index (χ0n) is 10.00. The molecule has 4 heteroatoms. The largest absolute Gasteiger partial charge is 0.308 e. The molecule has 1 aromatic rings. The fourth-order valence-corrected chi connectivity index (χ4v) is 1.66. The van der Waals surface area contributed by atoms with Crippen LogP contribution in [0.2, 0.25) is 5.15 Å². The minimum Gasteiger partial charge on any atom is -0.308 e. The van der Waals surface area contributed by atoms with Gasteiger partial charge in [0.2, 0.25) is 0 Å². The van der Waals surface area contributed by atoms with Crippen molar-refractivity contribution in [2.45, 2.75) is 26.8 Å². The summed E-state index contributed by atoms with van der Waals surface area (Å²) >= 11 is 6.09. The van der Waals surface area contributed by atoms with E-state index in [0.29, 0.717) is 5.92 Å². The third-order valence-electron chi connectivity index (χ3n) is 2.16. The standard InChI is InChI=1S/C11H20ClN3/c1-9(2)7-10-8-11(12)15(13-10)6-5-14(3)4/h8-9H,5-7H2,1-4H3. The van der Waals surface area contributed by atoms with Crippen molar-refractivity contribution in [2.75, 3.05) is 20.6 Å². The Morgan fingerprint density at radius 2 is 2.13 bits per heavy atom. The van der Waals surface area contributed by atoms with Crippen molar-refractivity contribution < 1.29 is 0 Å². The normalized spacial score (nSPS) is 11.7. The summed E-state index contributed by atoms with van der Waals surface area (Å²) in [6.07, 6.45) is 0.995. The Labute approximate surface area is 97.0 Å². The van der Waals surface area contributed by atoms with E-state index >= 15 is 0 Å². The van der Waals surface area contributed by atoms with E-state index in [9.17, 15) is 0 Å². The first-order valence-electron chi connectivity index (χ1n) is 5.36. The van der Waals surface area contributed by atoms with E-state index in [4.69, 9.17) is 11.6 Å². The minimum absolute atomic E-state index is 0.623. The zero-order chi connectivity index (χ0) is 11.4. The predicted octanol–water partition coefficient (Wildman–Crippen LogP) is 2.30. The van der Waals surface area contributed by atoms with Crippen LogP contribution in [-0.4, -0.2) is 35.3 Å². The van der Waals surface area contributed by atoms with E-state index in [2.05, 4.69) is 23.8 Å². The maximum absolute atomic E-state index is 6.09. The minimum atomic E-state index is 0.623. The van der Waals surface area contributed by atoms with E-state index in [-0.39, 0.29) is 0 Å². The van der Waals surface area contributed by atoms with Gasteiger partial charge in [-0.05, 0) is 32.5 Å². The molecule has 0 aliphatic rings. The maximum atomic E-state index is 6.09. The van der Waals surface area contributed by atoms with Gasteiger partial charge in [-0.1, -0.05) is 25.4 Å². The first-order chi connectivity index (χ1) is 6.99. The molecule has 0 saturated heterocycles. The van der Waals surface area contributed by atoms with Crippen molar-refractivity contribution in [1.82, 2.24) is 14.7 Å². The maximum Gasteiger partial charge on any atom is 0.127 e. The van der Waals surface area contributed by atoms with Gasteiger partial charge in [-0.2, -0.15) is 5.10 Å². The van der Waals surface area contributed by atoms with Crippen LogP contribution in [0, 0.1) is 5.92 Å². The molecule has 0 aliphatic carbocycles. The molecule has 0 fully saturated rings. The summed E-state index contributed by atoms with van der Waals surface area (Å²) in [5.41, 5.74) is 1.09. The van der Waals surface area contributed by atoms with E-state index in [1.165, 1.54) is 0 Å². The molecule has 0 radical (unpaired) electrons. The Balaban J connectivity index is 2.60. The van der Waals surface area contributed by atoms with Crippen LogP contribution in [0.3, 0.4) is 0 Å². The highest BCUT2D eigenvalue weighted by molar-refractivity contribution is 6.29. The van der Waals surface area contributed by atoms with Crippen molar-refractivity contribution in [2.24, 2.45) is 5.92 Å². The summed E-state index contributed by atoms with van der Waals surface area (Å²) in [7, 11) is 4.10. The van der Waals surface area contributed by atoms with Crippen LogP contribution in [0.1, 0.15) is 19.5 Å². The monoisotopic (exact) mass is 229 g/mol. The molecule has 0 unspecified atom stereocenters. The molecular formula is C11H20ClN3. The van der Waals surface area contributed by atoms with Crippen molar-refractivity contribution in [3.63, 3.8) is 0 Å². The van der Waals surface area contributed by atoms with Gasteiger partial charge in [-0.15, -0.1) is 0 Å². The summed E-state index contributed by atoms with van der Waals surface area (Å²) in [5.74, 6) is 0.623.